The topological polar surface area (TPSA) is 77.4 Å². The Bertz CT molecular complexity index is 318. The van der Waals surface area contributed by atoms with Crippen molar-refractivity contribution < 1.29 is 69.5 Å². The fraction of sp³-hybridized carbons (Fsp3) is 1.00. The summed E-state index contributed by atoms with van der Waals surface area (Å²) in [6.07, 6.45) is 9.25. The Labute approximate surface area is 173 Å². The van der Waals surface area contributed by atoms with Gasteiger partial charge in [0.2, 0.25) is 0 Å². The summed E-state index contributed by atoms with van der Waals surface area (Å²) >= 11 is 0. The molecule has 4 nitrogen and oxygen atoms in total. The molecule has 0 aromatic carbocycles. The fourth-order valence-electron chi connectivity index (χ4n) is 2.40. The van der Waals surface area contributed by atoms with Crippen LogP contribution in [0, 0.1) is 0 Å². The van der Waals surface area contributed by atoms with E-state index in [1.54, 1.807) is 6.92 Å². The molecule has 0 aliphatic heterocycles. The largest absolute Gasteiger partial charge is 1.00 e. The number of hydrogen-bond acceptors (Lipinski definition) is 4. The van der Waals surface area contributed by atoms with Gasteiger partial charge in [0.1, 0.15) is 0 Å². The minimum absolute atomic E-state index is 0. The molecule has 0 amide bonds. The molecule has 0 bridgehead atoms. The van der Waals surface area contributed by atoms with Crippen molar-refractivity contribution in [2.75, 3.05) is 0 Å². The average Bonchev–Trinajstić information content (AvgIpc) is 2.33. The van der Waals surface area contributed by atoms with Gasteiger partial charge in [0.15, 0.2) is 0 Å². The maximum atomic E-state index is 11.2. The third-order valence-corrected chi connectivity index (χ3v) is 4.97. The van der Waals surface area contributed by atoms with Crippen molar-refractivity contribution in [3.63, 3.8) is 0 Å². The van der Waals surface area contributed by atoms with Crippen LogP contribution in [0.3, 0.4) is 0 Å². The molecule has 122 valence electrons. The van der Waals surface area contributed by atoms with Gasteiger partial charge >= 0.3 is 51.4 Å². The number of rotatable bonds is 13. The van der Waals surface area contributed by atoms with Crippen molar-refractivity contribution in [1.82, 2.24) is 0 Å². The Kier molecular flexibility index (Phi) is 17.8. The van der Waals surface area contributed by atoms with Crippen molar-refractivity contribution in [2.45, 2.75) is 95.8 Å². The summed E-state index contributed by atoms with van der Waals surface area (Å²) in [5.41, 5.74) is 0. The molecule has 2 atom stereocenters. The molecule has 0 heterocycles. The van der Waals surface area contributed by atoms with E-state index in [0.717, 1.165) is 51.4 Å². The van der Waals surface area contributed by atoms with E-state index < -0.39 is 15.4 Å². The molecule has 0 saturated heterocycles. The SMILES string of the molecule is CCCCCCCC(CCCCCC(C)O)S(=O)(=O)[O-].[K+]. The number of hydrogen-bond donors (Lipinski definition) is 1. The molecule has 2 unspecified atom stereocenters. The van der Waals surface area contributed by atoms with Crippen LogP contribution in [0.1, 0.15) is 84.5 Å². The molecular formula is C15H31KO4S. The van der Waals surface area contributed by atoms with Crippen LogP contribution in [0.15, 0.2) is 0 Å². The maximum Gasteiger partial charge on any atom is 1.00 e. The van der Waals surface area contributed by atoms with Crippen molar-refractivity contribution in [2.24, 2.45) is 0 Å². The van der Waals surface area contributed by atoms with E-state index in [1.165, 1.54) is 6.42 Å². The van der Waals surface area contributed by atoms with Crippen LogP contribution in [-0.2, 0) is 10.1 Å². The first kappa shape index (κ1) is 24.8. The molecule has 0 rings (SSSR count). The standard InChI is InChI=1S/C15H32O4S.K/c1-3-4-5-6-9-12-15(20(17,18)19)13-10-7-8-11-14(2)16;/h14-16H,3-13H2,1-2H3,(H,17,18,19);/q;+1/p-1. The molecule has 1 N–H and O–H groups in total. The minimum atomic E-state index is -4.16. The van der Waals surface area contributed by atoms with Gasteiger partial charge in [-0.25, -0.2) is 8.42 Å². The van der Waals surface area contributed by atoms with Crippen LogP contribution < -0.4 is 51.4 Å². The summed E-state index contributed by atoms with van der Waals surface area (Å²) in [5, 5.41) is 8.42. The van der Waals surface area contributed by atoms with Crippen molar-refractivity contribution in [1.29, 1.82) is 0 Å². The fourth-order valence-corrected chi connectivity index (χ4v) is 3.31. The van der Waals surface area contributed by atoms with Crippen LogP contribution in [0.25, 0.3) is 0 Å². The second kappa shape index (κ2) is 15.1. The van der Waals surface area contributed by atoms with Gasteiger partial charge in [-0.2, -0.15) is 0 Å². The molecule has 0 spiro atoms. The monoisotopic (exact) mass is 346 g/mol. The number of aliphatic hydroxyl groups excluding tert-OH is 1. The third kappa shape index (κ3) is 16.2. The first-order valence-corrected chi connectivity index (χ1v) is 9.47. The zero-order valence-corrected chi connectivity index (χ0v) is 18.0. The van der Waals surface area contributed by atoms with Crippen LogP contribution >= 0.6 is 0 Å². The molecule has 0 aromatic rings. The Morgan fingerprint density at radius 3 is 1.76 bits per heavy atom. The molecule has 0 aliphatic rings. The molecule has 0 aromatic heterocycles. The Balaban J connectivity index is 0. The Morgan fingerprint density at radius 1 is 0.905 bits per heavy atom. The molecular weight excluding hydrogens is 315 g/mol. The second-order valence-corrected chi connectivity index (χ2v) is 7.46. The van der Waals surface area contributed by atoms with Gasteiger partial charge in [-0.1, -0.05) is 58.3 Å². The van der Waals surface area contributed by atoms with Gasteiger partial charge in [0, 0.05) is 5.25 Å². The summed E-state index contributed by atoms with van der Waals surface area (Å²) in [6.45, 7) is 3.89. The maximum absolute atomic E-state index is 11.2. The van der Waals surface area contributed by atoms with E-state index in [1.807, 2.05) is 0 Å². The van der Waals surface area contributed by atoms with Crippen molar-refractivity contribution in [3.05, 3.63) is 0 Å². The van der Waals surface area contributed by atoms with E-state index in [9.17, 15) is 13.0 Å². The van der Waals surface area contributed by atoms with Crippen LogP contribution in [0.5, 0.6) is 0 Å². The molecule has 0 fully saturated rings. The predicted molar refractivity (Wildman–Crippen MR) is 81.6 cm³/mol. The normalized spacial score (nSPS) is 14.5. The second-order valence-electron chi connectivity index (χ2n) is 5.80. The van der Waals surface area contributed by atoms with Crippen LogP contribution in [0.4, 0.5) is 0 Å². The zero-order chi connectivity index (χ0) is 15.4. The van der Waals surface area contributed by atoms with Gasteiger partial charge in [-0.05, 0) is 26.2 Å². The van der Waals surface area contributed by atoms with Gasteiger partial charge in [0.05, 0.1) is 16.2 Å². The summed E-state index contributed by atoms with van der Waals surface area (Å²) in [4.78, 5) is 0. The summed E-state index contributed by atoms with van der Waals surface area (Å²) in [5.74, 6) is 0. The van der Waals surface area contributed by atoms with E-state index >= 15 is 0 Å². The predicted octanol–water partition coefficient (Wildman–Crippen LogP) is 0.596. The Morgan fingerprint density at radius 2 is 1.33 bits per heavy atom. The summed E-state index contributed by atoms with van der Waals surface area (Å²) in [7, 11) is -4.16. The molecule has 21 heavy (non-hydrogen) atoms. The smallest absolute Gasteiger partial charge is 0.748 e. The molecule has 0 radical (unpaired) electrons. The third-order valence-electron chi connectivity index (χ3n) is 3.69. The minimum Gasteiger partial charge on any atom is -0.748 e. The molecule has 0 saturated carbocycles. The quantitative estimate of drug-likeness (QED) is 0.301. The van der Waals surface area contributed by atoms with Crippen LogP contribution in [-0.4, -0.2) is 29.4 Å². The number of unbranched alkanes of at least 4 members (excludes halogenated alkanes) is 6. The van der Waals surface area contributed by atoms with E-state index in [0.29, 0.717) is 12.8 Å². The van der Waals surface area contributed by atoms with Gasteiger partial charge < -0.3 is 9.66 Å². The van der Waals surface area contributed by atoms with E-state index in [4.69, 9.17) is 5.11 Å². The first-order valence-electron chi connectivity index (χ1n) is 8.00. The summed E-state index contributed by atoms with van der Waals surface area (Å²) in [6, 6.07) is 0. The van der Waals surface area contributed by atoms with E-state index in [2.05, 4.69) is 6.92 Å². The van der Waals surface area contributed by atoms with Gasteiger partial charge in [0.25, 0.3) is 0 Å². The number of aliphatic hydroxyl groups is 1. The van der Waals surface area contributed by atoms with Crippen LogP contribution in [0.2, 0.25) is 0 Å². The first-order chi connectivity index (χ1) is 9.38. The van der Waals surface area contributed by atoms with E-state index in [-0.39, 0.29) is 57.5 Å². The van der Waals surface area contributed by atoms with Crippen molar-refractivity contribution in [3.8, 4) is 0 Å². The Hall–Kier alpha value is 1.51. The molecule has 0 aliphatic carbocycles. The van der Waals surface area contributed by atoms with Gasteiger partial charge in [-0.15, -0.1) is 0 Å². The van der Waals surface area contributed by atoms with Crippen molar-refractivity contribution >= 4 is 10.1 Å². The average molecular weight is 347 g/mol. The molecule has 6 heteroatoms. The summed E-state index contributed by atoms with van der Waals surface area (Å²) < 4.78 is 33.7. The van der Waals surface area contributed by atoms with Gasteiger partial charge in [-0.3, -0.25) is 0 Å². The zero-order valence-electron chi connectivity index (χ0n) is 14.0.